The summed E-state index contributed by atoms with van der Waals surface area (Å²) in [4.78, 5) is 41.2. The molecule has 1 unspecified atom stereocenters. The zero-order valence-electron chi connectivity index (χ0n) is 23.9. The van der Waals surface area contributed by atoms with E-state index in [1.54, 1.807) is 17.1 Å². The number of aliphatic hydroxyl groups excluding tert-OH is 1. The maximum absolute atomic E-state index is 13.7. The number of carbonyl (C=O) groups is 2. The number of benzene rings is 1. The number of carbonyl (C=O) groups excluding carboxylic acids is 2. The van der Waals surface area contributed by atoms with Gasteiger partial charge < -0.3 is 10.4 Å². The van der Waals surface area contributed by atoms with Crippen LogP contribution in [0.2, 0.25) is 0 Å². The Bertz CT molecular complexity index is 1730. The predicted molar refractivity (Wildman–Crippen MR) is 163 cm³/mol. The summed E-state index contributed by atoms with van der Waals surface area (Å²) in [6, 6.07) is 8.78. The van der Waals surface area contributed by atoms with Crippen molar-refractivity contribution in [3.8, 4) is 11.1 Å². The number of aliphatic hydroxyl groups is 1. The molecule has 0 radical (unpaired) electrons. The van der Waals surface area contributed by atoms with Crippen LogP contribution in [0.25, 0.3) is 22.0 Å². The van der Waals surface area contributed by atoms with E-state index in [-0.39, 0.29) is 29.7 Å². The molecule has 1 fully saturated rings. The first-order valence-electron chi connectivity index (χ1n) is 14.0. The molecule has 4 atom stereocenters. The molecule has 0 bridgehead atoms. The number of halogens is 1. The van der Waals surface area contributed by atoms with E-state index in [9.17, 15) is 14.7 Å². The molecule has 4 heterocycles. The smallest absolute Gasteiger partial charge is 0.243 e. The third-order valence-electron chi connectivity index (χ3n) is 8.60. The Morgan fingerprint density at radius 1 is 1.17 bits per heavy atom. The zero-order valence-corrected chi connectivity index (χ0v) is 25.5. The van der Waals surface area contributed by atoms with Gasteiger partial charge in [-0.1, -0.05) is 31.2 Å². The van der Waals surface area contributed by atoms with E-state index in [0.717, 1.165) is 28.6 Å². The van der Waals surface area contributed by atoms with Gasteiger partial charge in [-0.3, -0.25) is 19.2 Å². The van der Waals surface area contributed by atoms with Crippen LogP contribution in [0.1, 0.15) is 48.6 Å². The van der Waals surface area contributed by atoms with Crippen LogP contribution in [0, 0.1) is 19.3 Å². The summed E-state index contributed by atoms with van der Waals surface area (Å²) >= 11 is 3.38. The summed E-state index contributed by atoms with van der Waals surface area (Å²) in [5.74, 6) is 0.774. The molecule has 11 heteroatoms. The normalized spacial score (nSPS) is 22.1. The second-order valence-corrected chi connectivity index (χ2v) is 12.0. The summed E-state index contributed by atoms with van der Waals surface area (Å²) < 4.78 is 2.29. The van der Waals surface area contributed by atoms with Gasteiger partial charge in [-0.15, -0.1) is 0 Å². The number of aryl methyl sites for hydroxylation is 2. The minimum Gasteiger partial charge on any atom is -0.376 e. The minimum atomic E-state index is -1.03. The number of hydrogen-bond acceptors (Lipinski definition) is 8. The van der Waals surface area contributed by atoms with Crippen molar-refractivity contribution in [2.24, 2.45) is 5.41 Å². The summed E-state index contributed by atoms with van der Waals surface area (Å²) in [6.07, 6.45) is 8.11. The quantitative estimate of drug-likeness (QED) is 0.161. The SMILES string of the molecule is CC[C@]12C=C[C@H]1N(C(O)Cn1nc(C(C)=O)c3cc(-c4cnc(C)nc4)ccc31)[C@H](C(=O)Nc1nc(Br)ccc1C)C2. The highest BCUT2D eigenvalue weighted by molar-refractivity contribution is 9.10. The minimum absolute atomic E-state index is 0.0822. The van der Waals surface area contributed by atoms with Crippen LogP contribution in [-0.4, -0.2) is 64.7 Å². The van der Waals surface area contributed by atoms with Crippen molar-refractivity contribution in [1.29, 1.82) is 0 Å². The Balaban J connectivity index is 1.32. The van der Waals surface area contributed by atoms with Crippen LogP contribution in [0.15, 0.2) is 59.5 Å². The number of anilines is 1. The van der Waals surface area contributed by atoms with Crippen LogP contribution in [0.5, 0.6) is 0 Å². The fraction of sp³-hybridized carbons (Fsp3) is 0.355. The van der Waals surface area contributed by atoms with Crippen molar-refractivity contribution < 1.29 is 14.7 Å². The summed E-state index contributed by atoms with van der Waals surface area (Å²) in [6.45, 7) is 7.39. The number of ketones is 1. The predicted octanol–water partition coefficient (Wildman–Crippen LogP) is 4.84. The van der Waals surface area contributed by atoms with E-state index >= 15 is 0 Å². The van der Waals surface area contributed by atoms with Gasteiger partial charge in [0.2, 0.25) is 5.91 Å². The molecule has 0 spiro atoms. The second kappa shape index (κ2) is 10.8. The van der Waals surface area contributed by atoms with E-state index in [1.807, 2.05) is 49.1 Å². The number of hydrogen-bond donors (Lipinski definition) is 2. The molecule has 1 aliphatic carbocycles. The molecule has 10 nitrogen and oxygen atoms in total. The molecular weight excluding hydrogens is 598 g/mol. The van der Waals surface area contributed by atoms with Crippen molar-refractivity contribution in [1.82, 2.24) is 29.6 Å². The first-order chi connectivity index (χ1) is 20.1. The van der Waals surface area contributed by atoms with E-state index in [0.29, 0.717) is 33.7 Å². The lowest BCUT2D eigenvalue weighted by molar-refractivity contribution is -0.126. The highest BCUT2D eigenvalue weighted by Gasteiger charge is 2.56. The van der Waals surface area contributed by atoms with Crippen molar-refractivity contribution in [2.45, 2.75) is 65.4 Å². The Morgan fingerprint density at radius 2 is 1.93 bits per heavy atom. The summed E-state index contributed by atoms with van der Waals surface area (Å²) in [7, 11) is 0. The van der Waals surface area contributed by atoms with Crippen LogP contribution in [0.4, 0.5) is 5.82 Å². The van der Waals surface area contributed by atoms with Crippen LogP contribution in [0.3, 0.4) is 0 Å². The molecule has 0 saturated carbocycles. The number of rotatable bonds is 8. The van der Waals surface area contributed by atoms with Crippen molar-refractivity contribution in [3.63, 3.8) is 0 Å². The number of amides is 1. The standard InChI is InChI=1S/C31H32BrN7O3/c1-5-31-11-10-25(31)39(24(13-31)30(42)36-29-17(2)6-9-26(32)35-29)27(41)16-38-23-8-7-20(21-14-33-19(4)34-15-21)12-22(23)28(37-38)18(3)40/h6-12,14-15,24-25,27,41H,5,13,16H2,1-4H3,(H,35,36,42)/t24-,25+,27?,31+/m0/s1. The molecule has 6 rings (SSSR count). The third-order valence-corrected chi connectivity index (χ3v) is 9.04. The number of aromatic nitrogens is 5. The maximum atomic E-state index is 13.7. The molecule has 1 saturated heterocycles. The topological polar surface area (TPSA) is 126 Å². The van der Waals surface area contributed by atoms with Crippen molar-refractivity contribution in [2.75, 3.05) is 5.32 Å². The molecule has 1 amide bonds. The van der Waals surface area contributed by atoms with Crippen LogP contribution in [-0.2, 0) is 11.3 Å². The molecule has 3 aromatic heterocycles. The van der Waals surface area contributed by atoms with Crippen LogP contribution < -0.4 is 5.32 Å². The number of Topliss-reactive ketones (excluding diaryl/α,β-unsaturated/α-hetero) is 1. The molecule has 2 N–H and O–H groups in total. The zero-order chi connectivity index (χ0) is 29.8. The lowest BCUT2D eigenvalue weighted by atomic mass is 9.69. The van der Waals surface area contributed by atoms with E-state index in [1.165, 1.54) is 6.92 Å². The molecule has 4 aromatic rings. The van der Waals surface area contributed by atoms with Gasteiger partial charge in [-0.25, -0.2) is 15.0 Å². The molecular formula is C31H32BrN7O3. The Morgan fingerprint density at radius 3 is 2.60 bits per heavy atom. The van der Waals surface area contributed by atoms with Crippen molar-refractivity contribution in [3.05, 3.63) is 76.6 Å². The average molecular weight is 631 g/mol. The fourth-order valence-corrected chi connectivity index (χ4v) is 6.48. The number of nitrogens with zero attached hydrogens (tertiary/aromatic N) is 6. The van der Waals surface area contributed by atoms with Gasteiger partial charge in [0, 0.05) is 41.7 Å². The number of nitrogens with one attached hydrogen (secondary N) is 1. The number of likely N-dealkylation sites (tertiary alicyclic amines) is 1. The first-order valence-corrected chi connectivity index (χ1v) is 14.8. The maximum Gasteiger partial charge on any atom is 0.243 e. The van der Waals surface area contributed by atoms with Gasteiger partial charge in [0.25, 0.3) is 0 Å². The molecule has 2 aliphatic rings. The molecule has 1 aliphatic heterocycles. The molecule has 1 aromatic carbocycles. The second-order valence-electron chi connectivity index (χ2n) is 11.2. The molecule has 42 heavy (non-hydrogen) atoms. The third kappa shape index (κ3) is 4.85. The first kappa shape index (κ1) is 28.3. The Hall–Kier alpha value is -3.80. The van der Waals surface area contributed by atoms with Gasteiger partial charge in [0.05, 0.1) is 18.1 Å². The van der Waals surface area contributed by atoms with Gasteiger partial charge in [0.1, 0.15) is 28.2 Å². The van der Waals surface area contributed by atoms with Gasteiger partial charge >= 0.3 is 0 Å². The number of pyridine rings is 1. The highest BCUT2D eigenvalue weighted by Crippen LogP contribution is 2.52. The monoisotopic (exact) mass is 629 g/mol. The lowest BCUT2D eigenvalue weighted by Gasteiger charge is -2.42. The largest absolute Gasteiger partial charge is 0.376 e. The van der Waals surface area contributed by atoms with E-state index in [4.69, 9.17) is 0 Å². The van der Waals surface area contributed by atoms with Crippen LogP contribution >= 0.6 is 15.9 Å². The number of fused-ring (bicyclic) bond motifs is 2. The van der Waals surface area contributed by atoms with Gasteiger partial charge in [0.15, 0.2) is 5.78 Å². The van der Waals surface area contributed by atoms with Crippen molar-refractivity contribution >= 4 is 44.3 Å². The van der Waals surface area contributed by atoms with Gasteiger partial charge in [-0.2, -0.15) is 5.10 Å². The van der Waals surface area contributed by atoms with E-state index in [2.05, 4.69) is 60.4 Å². The van der Waals surface area contributed by atoms with E-state index < -0.39 is 12.3 Å². The fourth-order valence-electron chi connectivity index (χ4n) is 6.17. The summed E-state index contributed by atoms with van der Waals surface area (Å²) in [5, 5.41) is 20.0. The Kier molecular flexibility index (Phi) is 7.28. The Labute approximate surface area is 252 Å². The highest BCUT2D eigenvalue weighted by atomic mass is 79.9. The lowest BCUT2D eigenvalue weighted by Crippen LogP contribution is -2.53. The average Bonchev–Trinajstić information content (AvgIpc) is 3.43. The van der Waals surface area contributed by atoms with Gasteiger partial charge in [-0.05, 0) is 71.9 Å². The summed E-state index contributed by atoms with van der Waals surface area (Å²) in [5.41, 5.74) is 3.40. The molecule has 216 valence electrons.